The normalized spacial score (nSPS) is 11.8. The minimum absolute atomic E-state index is 0.275. The summed E-state index contributed by atoms with van der Waals surface area (Å²) in [4.78, 5) is 23.9. The molecule has 0 aromatic heterocycles. The minimum atomic E-state index is -0.634. The lowest BCUT2D eigenvalue weighted by Gasteiger charge is -2.17. The van der Waals surface area contributed by atoms with Crippen LogP contribution in [0.2, 0.25) is 0 Å². The Balaban J connectivity index is 2.81. The lowest BCUT2D eigenvalue weighted by molar-refractivity contribution is -0.142. The van der Waals surface area contributed by atoms with Crippen molar-refractivity contribution < 1.29 is 14.3 Å². The molecule has 6 heteroatoms. The van der Waals surface area contributed by atoms with E-state index in [1.165, 1.54) is 7.11 Å². The van der Waals surface area contributed by atoms with E-state index in [0.29, 0.717) is 12.0 Å². The van der Waals surface area contributed by atoms with Crippen LogP contribution in [-0.2, 0) is 16.1 Å². The number of amides is 1. The van der Waals surface area contributed by atoms with Gasteiger partial charge in [-0.2, -0.15) is 11.8 Å². The summed E-state index contributed by atoms with van der Waals surface area (Å²) in [5.74, 6) is 0.0265. The van der Waals surface area contributed by atoms with Crippen LogP contribution in [0.3, 0.4) is 0 Å². The van der Waals surface area contributed by atoms with Gasteiger partial charge < -0.3 is 15.8 Å². The van der Waals surface area contributed by atoms with Crippen molar-refractivity contribution in [3.63, 3.8) is 0 Å². The predicted octanol–water partition coefficient (Wildman–Crippen LogP) is 1.17. The van der Waals surface area contributed by atoms with Crippen LogP contribution in [0.1, 0.15) is 22.3 Å². The smallest absolute Gasteiger partial charge is 0.328 e. The fourth-order valence-electron chi connectivity index (χ4n) is 1.78. The van der Waals surface area contributed by atoms with Gasteiger partial charge >= 0.3 is 5.97 Å². The summed E-state index contributed by atoms with van der Waals surface area (Å²) in [7, 11) is 1.31. The first-order valence-corrected chi connectivity index (χ1v) is 7.69. The molecule has 1 aromatic rings. The third-order valence-electron chi connectivity index (χ3n) is 2.88. The lowest BCUT2D eigenvalue weighted by Crippen LogP contribution is -2.42. The van der Waals surface area contributed by atoms with Crippen LogP contribution in [0.5, 0.6) is 0 Å². The molecule has 0 aliphatic rings. The van der Waals surface area contributed by atoms with Gasteiger partial charge in [0.15, 0.2) is 0 Å². The maximum Gasteiger partial charge on any atom is 0.328 e. The van der Waals surface area contributed by atoms with Gasteiger partial charge in [-0.25, -0.2) is 4.79 Å². The Morgan fingerprint density at radius 2 is 2.10 bits per heavy atom. The molecule has 1 rings (SSSR count). The highest BCUT2D eigenvalue weighted by molar-refractivity contribution is 7.98. The number of ether oxygens (including phenoxy) is 1. The molecule has 0 fully saturated rings. The number of nitrogens with two attached hydrogens (primary N) is 1. The Morgan fingerprint density at radius 3 is 2.70 bits per heavy atom. The van der Waals surface area contributed by atoms with Gasteiger partial charge in [-0.05, 0) is 30.1 Å². The largest absolute Gasteiger partial charge is 0.467 e. The van der Waals surface area contributed by atoms with Gasteiger partial charge in [-0.1, -0.05) is 18.2 Å². The number of hydrogen-bond acceptors (Lipinski definition) is 5. The highest BCUT2D eigenvalue weighted by Crippen LogP contribution is 2.09. The van der Waals surface area contributed by atoms with Crippen molar-refractivity contribution in [2.24, 2.45) is 5.73 Å². The molecule has 0 heterocycles. The first kappa shape index (κ1) is 16.5. The second-order valence-electron chi connectivity index (χ2n) is 4.19. The summed E-state index contributed by atoms with van der Waals surface area (Å²) < 4.78 is 4.72. The van der Waals surface area contributed by atoms with Crippen molar-refractivity contribution in [3.05, 3.63) is 35.4 Å². The average Bonchev–Trinajstić information content (AvgIpc) is 2.50. The monoisotopic (exact) mass is 296 g/mol. The maximum atomic E-state index is 12.2. The van der Waals surface area contributed by atoms with Gasteiger partial charge in [0, 0.05) is 12.1 Å². The topological polar surface area (TPSA) is 81.4 Å². The van der Waals surface area contributed by atoms with Gasteiger partial charge in [0.05, 0.1) is 7.11 Å². The molecule has 20 heavy (non-hydrogen) atoms. The van der Waals surface area contributed by atoms with E-state index in [0.717, 1.165) is 11.3 Å². The number of methoxy groups -OCH3 is 1. The third kappa shape index (κ3) is 4.54. The van der Waals surface area contributed by atoms with E-state index in [1.54, 1.807) is 30.0 Å². The molecule has 0 spiro atoms. The Labute approximate surface area is 123 Å². The highest BCUT2D eigenvalue weighted by atomic mass is 32.2. The Bertz CT molecular complexity index is 465. The molecule has 1 amide bonds. The molecule has 0 saturated heterocycles. The molecule has 0 bridgehead atoms. The maximum absolute atomic E-state index is 12.2. The summed E-state index contributed by atoms with van der Waals surface area (Å²) in [5.41, 5.74) is 6.85. The minimum Gasteiger partial charge on any atom is -0.467 e. The van der Waals surface area contributed by atoms with Crippen molar-refractivity contribution in [1.82, 2.24) is 5.32 Å². The van der Waals surface area contributed by atoms with Crippen molar-refractivity contribution in [3.8, 4) is 0 Å². The summed E-state index contributed by atoms with van der Waals surface area (Å²) in [5, 5.41) is 2.71. The number of rotatable bonds is 7. The van der Waals surface area contributed by atoms with Crippen LogP contribution in [-0.4, -0.2) is 37.0 Å². The predicted molar refractivity (Wildman–Crippen MR) is 80.6 cm³/mol. The highest BCUT2D eigenvalue weighted by Gasteiger charge is 2.22. The van der Waals surface area contributed by atoms with E-state index in [2.05, 4.69) is 5.32 Å². The number of benzene rings is 1. The van der Waals surface area contributed by atoms with Crippen LogP contribution < -0.4 is 11.1 Å². The molecular weight excluding hydrogens is 276 g/mol. The van der Waals surface area contributed by atoms with Gasteiger partial charge in [0.2, 0.25) is 0 Å². The van der Waals surface area contributed by atoms with Crippen molar-refractivity contribution >= 4 is 23.6 Å². The van der Waals surface area contributed by atoms with Crippen LogP contribution in [0, 0.1) is 0 Å². The zero-order chi connectivity index (χ0) is 15.0. The van der Waals surface area contributed by atoms with Gasteiger partial charge in [0.25, 0.3) is 5.91 Å². The van der Waals surface area contributed by atoms with Crippen LogP contribution >= 0.6 is 11.8 Å². The summed E-state index contributed by atoms with van der Waals surface area (Å²) in [6.07, 6.45) is 2.48. The zero-order valence-corrected chi connectivity index (χ0v) is 12.5. The number of carbonyl (C=O) groups excluding carboxylic acids is 2. The van der Waals surface area contributed by atoms with Gasteiger partial charge in [-0.3, -0.25) is 4.79 Å². The van der Waals surface area contributed by atoms with E-state index in [9.17, 15) is 9.59 Å². The average molecular weight is 296 g/mol. The number of carbonyl (C=O) groups is 2. The van der Waals surface area contributed by atoms with Crippen molar-refractivity contribution in [2.45, 2.75) is 19.0 Å². The van der Waals surface area contributed by atoms with E-state index in [-0.39, 0.29) is 12.5 Å². The number of hydrogen-bond donors (Lipinski definition) is 2. The van der Waals surface area contributed by atoms with E-state index < -0.39 is 12.0 Å². The molecule has 0 saturated carbocycles. The molecule has 1 aromatic carbocycles. The van der Waals surface area contributed by atoms with E-state index in [1.807, 2.05) is 12.3 Å². The first-order valence-electron chi connectivity index (χ1n) is 6.29. The standard InChI is InChI=1S/C14H20N2O3S/c1-19-14(18)12(7-8-20-2)16-13(17)11-6-4-3-5-10(11)9-15/h3-6,12H,7-9,15H2,1-2H3,(H,16,17). The summed E-state index contributed by atoms with van der Waals surface area (Å²) >= 11 is 1.61. The van der Waals surface area contributed by atoms with Crippen LogP contribution in [0.15, 0.2) is 24.3 Å². The molecular formula is C14H20N2O3S. The molecule has 5 nitrogen and oxygen atoms in total. The molecule has 1 atom stereocenters. The van der Waals surface area contributed by atoms with E-state index >= 15 is 0 Å². The SMILES string of the molecule is COC(=O)C(CCSC)NC(=O)c1ccccc1CN. The van der Waals surface area contributed by atoms with E-state index in [4.69, 9.17) is 10.5 Å². The molecule has 3 N–H and O–H groups in total. The van der Waals surface area contributed by atoms with Crippen molar-refractivity contribution in [2.75, 3.05) is 19.1 Å². The fraction of sp³-hybridized carbons (Fsp3) is 0.429. The second kappa shape index (κ2) is 8.60. The zero-order valence-electron chi connectivity index (χ0n) is 11.7. The lowest BCUT2D eigenvalue weighted by atomic mass is 10.1. The first-order chi connectivity index (χ1) is 9.63. The van der Waals surface area contributed by atoms with Gasteiger partial charge in [0.1, 0.15) is 6.04 Å². The quantitative estimate of drug-likeness (QED) is 0.738. The van der Waals surface area contributed by atoms with Gasteiger partial charge in [-0.15, -0.1) is 0 Å². The Kier molecular flexibility index (Phi) is 7.11. The number of nitrogens with one attached hydrogen (secondary N) is 1. The summed E-state index contributed by atoms with van der Waals surface area (Å²) in [6, 6.07) is 6.45. The Morgan fingerprint density at radius 1 is 1.40 bits per heavy atom. The number of thioether (sulfide) groups is 1. The molecule has 0 aliphatic heterocycles. The molecule has 1 unspecified atom stereocenters. The molecule has 0 radical (unpaired) electrons. The summed E-state index contributed by atoms with van der Waals surface area (Å²) in [6.45, 7) is 0.275. The van der Waals surface area contributed by atoms with Crippen LogP contribution in [0.4, 0.5) is 0 Å². The second-order valence-corrected chi connectivity index (χ2v) is 5.18. The Hall–Kier alpha value is -1.53. The fourth-order valence-corrected chi connectivity index (χ4v) is 2.25. The molecule has 110 valence electrons. The van der Waals surface area contributed by atoms with Crippen LogP contribution in [0.25, 0.3) is 0 Å². The molecule has 0 aliphatic carbocycles. The third-order valence-corrected chi connectivity index (χ3v) is 3.53. The van der Waals surface area contributed by atoms with Crippen molar-refractivity contribution in [1.29, 1.82) is 0 Å². The number of esters is 1.